The Hall–Kier alpha value is -2.44. The summed E-state index contributed by atoms with van der Waals surface area (Å²) in [6, 6.07) is -0.628. The van der Waals surface area contributed by atoms with Crippen LogP contribution in [0.15, 0.2) is 60.8 Å². The number of nitrogens with one attached hydrogen (secondary N) is 1. The SMILES string of the molecule is CCCCC/C=C\C/C=C\CCCCCCCC(=O)OCCCCCCCCCCCCCCCCC/C=C\C/C=C\CCCCCCCCCCCCCCCCCCCC(=O)NC(CO)C(O)/C=C/CCCCCCCCCCCCCCCCCCCCCCC. The van der Waals surface area contributed by atoms with E-state index in [2.05, 4.69) is 67.8 Å². The molecule has 3 N–H and O–H groups in total. The first kappa shape index (κ1) is 91.6. The Bertz CT molecular complexity index is 1620. The number of rotatable bonds is 80. The van der Waals surface area contributed by atoms with Crippen LogP contribution in [0.2, 0.25) is 0 Å². The molecule has 0 saturated heterocycles. The number of aliphatic hydroxyl groups excluding tert-OH is 2. The molecule has 0 rings (SSSR count). The molecule has 2 atom stereocenters. The Labute approximate surface area is 588 Å². The Morgan fingerprint density at radius 3 is 0.830 bits per heavy atom. The van der Waals surface area contributed by atoms with Gasteiger partial charge in [0.25, 0.3) is 0 Å². The van der Waals surface area contributed by atoms with Crippen LogP contribution in [0.4, 0.5) is 0 Å². The summed E-state index contributed by atoms with van der Waals surface area (Å²) in [6.45, 7) is 4.92. The molecule has 0 bridgehead atoms. The van der Waals surface area contributed by atoms with E-state index in [4.69, 9.17) is 4.74 Å². The van der Waals surface area contributed by atoms with Gasteiger partial charge >= 0.3 is 5.97 Å². The molecule has 94 heavy (non-hydrogen) atoms. The van der Waals surface area contributed by atoms with Gasteiger partial charge in [-0.3, -0.25) is 9.59 Å². The summed E-state index contributed by atoms with van der Waals surface area (Å²) in [5, 5.41) is 23.3. The van der Waals surface area contributed by atoms with Crippen molar-refractivity contribution in [3.63, 3.8) is 0 Å². The lowest BCUT2D eigenvalue weighted by Gasteiger charge is -2.20. The van der Waals surface area contributed by atoms with Gasteiger partial charge in [-0.05, 0) is 96.3 Å². The van der Waals surface area contributed by atoms with Crippen molar-refractivity contribution < 1.29 is 24.5 Å². The topological polar surface area (TPSA) is 95.9 Å². The highest BCUT2D eigenvalue weighted by atomic mass is 16.5. The summed E-state index contributed by atoms with van der Waals surface area (Å²) in [4.78, 5) is 24.6. The van der Waals surface area contributed by atoms with Crippen LogP contribution in [0.3, 0.4) is 0 Å². The van der Waals surface area contributed by atoms with E-state index in [1.54, 1.807) is 6.08 Å². The zero-order chi connectivity index (χ0) is 67.7. The smallest absolute Gasteiger partial charge is 0.305 e. The zero-order valence-corrected chi connectivity index (χ0v) is 63.5. The molecule has 552 valence electrons. The third-order valence-electron chi connectivity index (χ3n) is 19.8. The quantitative estimate of drug-likeness (QED) is 0.0320. The standard InChI is InChI=1S/C88H165NO5/c1-3-5-7-9-11-13-15-17-19-20-21-22-40-43-46-49-53-56-60-64-68-72-76-80-86(91)85(84-90)89-87(92)81-77-73-69-65-61-57-54-50-47-44-41-38-36-34-32-30-28-26-24-23-25-27-29-31-33-35-37-39-42-45-48-51-55-59-63-67-71-75-79-83-94-88(93)82-78-74-70-66-62-58-52-18-16-14-12-10-8-6-4-2/h12,14,18,23-24,27,29,52,76,80,85-86,90-91H,3-11,13,15-17,19-22,25-26,28,30-51,53-75,77-79,81-84H2,1-2H3,(H,89,92)/b14-12-,24-23-,29-27-,52-18-,80-76+. The van der Waals surface area contributed by atoms with Crippen LogP contribution in [0, 0.1) is 0 Å². The maximum absolute atomic E-state index is 12.6. The molecule has 1 amide bonds. The molecule has 2 unspecified atom stereocenters. The van der Waals surface area contributed by atoms with E-state index < -0.39 is 12.1 Å². The van der Waals surface area contributed by atoms with E-state index in [1.807, 2.05) is 6.08 Å². The summed E-state index contributed by atoms with van der Waals surface area (Å²) in [5.41, 5.74) is 0. The number of carbonyl (C=O) groups excluding carboxylic acids is 2. The summed E-state index contributed by atoms with van der Waals surface area (Å²) >= 11 is 0. The van der Waals surface area contributed by atoms with Gasteiger partial charge in [0.05, 0.1) is 25.4 Å². The summed E-state index contributed by atoms with van der Waals surface area (Å²) < 4.78 is 5.49. The molecule has 0 fully saturated rings. The minimum atomic E-state index is -0.845. The first-order chi connectivity index (χ1) is 46.5. The average molecular weight is 1320 g/mol. The highest BCUT2D eigenvalue weighted by Gasteiger charge is 2.18. The monoisotopic (exact) mass is 1320 g/mol. The van der Waals surface area contributed by atoms with Crippen LogP contribution >= 0.6 is 0 Å². The predicted octanol–water partition coefficient (Wildman–Crippen LogP) is 28.5. The first-order valence-electron chi connectivity index (χ1n) is 42.6. The van der Waals surface area contributed by atoms with E-state index in [0.717, 1.165) is 57.8 Å². The molecular weight excluding hydrogens is 1150 g/mol. The molecule has 0 aliphatic heterocycles. The van der Waals surface area contributed by atoms with Gasteiger partial charge < -0.3 is 20.3 Å². The number of esters is 1. The van der Waals surface area contributed by atoms with Crippen molar-refractivity contribution in [1.82, 2.24) is 5.32 Å². The van der Waals surface area contributed by atoms with Crippen molar-refractivity contribution in [3.05, 3.63) is 60.8 Å². The molecule has 0 radical (unpaired) electrons. The lowest BCUT2D eigenvalue weighted by molar-refractivity contribution is -0.143. The summed E-state index contributed by atoms with van der Waals surface area (Å²) in [5.74, 6) is -0.0539. The second-order valence-corrected chi connectivity index (χ2v) is 29.2. The van der Waals surface area contributed by atoms with Gasteiger partial charge in [0.2, 0.25) is 5.91 Å². The molecule has 6 heteroatoms. The third-order valence-corrected chi connectivity index (χ3v) is 19.8. The van der Waals surface area contributed by atoms with Gasteiger partial charge in [-0.15, -0.1) is 0 Å². The van der Waals surface area contributed by atoms with Crippen LogP contribution in [0.5, 0.6) is 0 Å². The number of ether oxygens (including phenoxy) is 1. The molecule has 0 aromatic heterocycles. The molecule has 0 aliphatic carbocycles. The van der Waals surface area contributed by atoms with E-state index >= 15 is 0 Å². The maximum Gasteiger partial charge on any atom is 0.305 e. The molecule has 0 aliphatic rings. The predicted molar refractivity (Wildman–Crippen MR) is 416 cm³/mol. The number of unbranched alkanes of at least 4 members (excludes halogenated alkanes) is 61. The molecule has 0 aromatic rings. The van der Waals surface area contributed by atoms with E-state index in [0.29, 0.717) is 19.4 Å². The Morgan fingerprint density at radius 2 is 0.532 bits per heavy atom. The molecule has 0 heterocycles. The van der Waals surface area contributed by atoms with Crippen molar-refractivity contribution in [2.24, 2.45) is 0 Å². The maximum atomic E-state index is 12.6. The van der Waals surface area contributed by atoms with E-state index in [-0.39, 0.29) is 18.5 Å². The zero-order valence-electron chi connectivity index (χ0n) is 63.5. The minimum absolute atomic E-state index is 0.00639. The van der Waals surface area contributed by atoms with Crippen LogP contribution < -0.4 is 5.32 Å². The number of hydrogen-bond donors (Lipinski definition) is 3. The van der Waals surface area contributed by atoms with E-state index in [9.17, 15) is 19.8 Å². The van der Waals surface area contributed by atoms with Crippen molar-refractivity contribution in [1.29, 1.82) is 0 Å². The Morgan fingerprint density at radius 1 is 0.298 bits per heavy atom. The van der Waals surface area contributed by atoms with Gasteiger partial charge in [0, 0.05) is 12.8 Å². The second kappa shape index (κ2) is 83.0. The number of amides is 1. The van der Waals surface area contributed by atoms with Gasteiger partial charge in [0.1, 0.15) is 0 Å². The first-order valence-corrected chi connectivity index (χ1v) is 42.6. The van der Waals surface area contributed by atoms with Gasteiger partial charge in [-0.25, -0.2) is 0 Å². The largest absolute Gasteiger partial charge is 0.466 e. The molecule has 0 saturated carbocycles. The fourth-order valence-corrected chi connectivity index (χ4v) is 13.3. The van der Waals surface area contributed by atoms with Gasteiger partial charge in [-0.1, -0.05) is 415 Å². The lowest BCUT2D eigenvalue weighted by Crippen LogP contribution is -2.45. The third kappa shape index (κ3) is 78.6. The highest BCUT2D eigenvalue weighted by Crippen LogP contribution is 2.20. The van der Waals surface area contributed by atoms with Gasteiger partial charge in [-0.2, -0.15) is 0 Å². The van der Waals surface area contributed by atoms with Gasteiger partial charge in [0.15, 0.2) is 0 Å². The summed E-state index contributed by atoms with van der Waals surface area (Å²) in [6.07, 6.45) is 112. The highest BCUT2D eigenvalue weighted by molar-refractivity contribution is 5.76. The molecular formula is C88H165NO5. The van der Waals surface area contributed by atoms with E-state index in [1.165, 1.54) is 379 Å². The Balaban J connectivity index is 3.38. The number of carbonyl (C=O) groups is 2. The molecule has 0 aromatic carbocycles. The number of aliphatic hydroxyl groups is 2. The van der Waals surface area contributed by atoms with Crippen LogP contribution in [0.1, 0.15) is 463 Å². The fourth-order valence-electron chi connectivity index (χ4n) is 13.3. The van der Waals surface area contributed by atoms with Crippen LogP contribution in [-0.4, -0.2) is 47.4 Å². The number of hydrogen-bond acceptors (Lipinski definition) is 5. The van der Waals surface area contributed by atoms with Crippen LogP contribution in [0.25, 0.3) is 0 Å². The number of allylic oxidation sites excluding steroid dienone is 9. The second-order valence-electron chi connectivity index (χ2n) is 29.2. The van der Waals surface area contributed by atoms with Crippen molar-refractivity contribution in [2.45, 2.75) is 475 Å². The normalized spacial score (nSPS) is 12.8. The fraction of sp³-hybridized carbons (Fsp3) is 0.864. The summed E-state index contributed by atoms with van der Waals surface area (Å²) in [7, 11) is 0. The average Bonchev–Trinajstić information content (AvgIpc) is 3.63. The van der Waals surface area contributed by atoms with Crippen molar-refractivity contribution >= 4 is 11.9 Å². The Kier molecular flexibility index (Phi) is 80.8. The van der Waals surface area contributed by atoms with Crippen LogP contribution in [-0.2, 0) is 14.3 Å². The minimum Gasteiger partial charge on any atom is -0.466 e. The molecule has 6 nitrogen and oxygen atoms in total. The molecule has 0 spiro atoms. The van der Waals surface area contributed by atoms with Crippen molar-refractivity contribution in [2.75, 3.05) is 13.2 Å². The lowest BCUT2D eigenvalue weighted by atomic mass is 10.0. The van der Waals surface area contributed by atoms with Crippen molar-refractivity contribution in [3.8, 4) is 0 Å².